The fourth-order valence-corrected chi connectivity index (χ4v) is 0.819. The Kier molecular flexibility index (Phi) is 4.23. The normalized spacial score (nSPS) is 11.4. The fraction of sp³-hybridized carbons (Fsp3) is 0.571. The zero-order valence-corrected chi connectivity index (χ0v) is 8.04. The monoisotopic (exact) mass is 238 g/mol. The molecule has 0 aromatic carbocycles. The highest BCUT2D eigenvalue weighted by molar-refractivity contribution is 5.77. The van der Waals surface area contributed by atoms with E-state index in [0.29, 0.717) is 5.82 Å². The van der Waals surface area contributed by atoms with E-state index in [2.05, 4.69) is 20.0 Å². The molecule has 2 N–H and O–H groups in total. The lowest BCUT2D eigenvalue weighted by Gasteiger charge is -2.08. The van der Waals surface area contributed by atoms with E-state index >= 15 is 0 Å². The summed E-state index contributed by atoms with van der Waals surface area (Å²) in [6.45, 7) is -1.43. The number of halogens is 3. The van der Waals surface area contributed by atoms with Crippen molar-refractivity contribution in [2.24, 2.45) is 0 Å². The number of aromatic nitrogens is 2. The number of alkyl halides is 3. The number of nitrogens with zero attached hydrogens (tertiary/aromatic N) is 2. The smallest absolute Gasteiger partial charge is 0.346 e. The Balaban J connectivity index is 2.11. The first-order chi connectivity index (χ1) is 7.47. The summed E-state index contributed by atoms with van der Waals surface area (Å²) in [5, 5.41) is 7.71. The van der Waals surface area contributed by atoms with Crippen LogP contribution in [0.25, 0.3) is 0 Å². The van der Waals surface area contributed by atoms with Gasteiger partial charge in [0.05, 0.1) is 13.1 Å². The summed E-state index contributed by atoms with van der Waals surface area (Å²) in [5.74, 6) is -0.426. The molecule has 0 unspecified atom stereocenters. The highest BCUT2D eigenvalue weighted by atomic mass is 19.4. The Bertz CT molecular complexity index is 325. The molecule has 16 heavy (non-hydrogen) atoms. The summed E-state index contributed by atoms with van der Waals surface area (Å²) in [6, 6.07) is 0. The minimum absolute atomic E-state index is 0.149. The second-order valence-corrected chi connectivity index (χ2v) is 2.84. The standard InChI is InChI=1S/C7H9F3N4O2/c8-7(9,10)3-12-6(15)2-11-1-5-13-4-16-14-5/h4,11H,1-3H2,(H,12,15). The van der Waals surface area contributed by atoms with E-state index in [9.17, 15) is 18.0 Å². The van der Waals surface area contributed by atoms with Crippen molar-refractivity contribution in [1.82, 2.24) is 20.8 Å². The largest absolute Gasteiger partial charge is 0.405 e. The molecule has 1 aromatic heterocycles. The SMILES string of the molecule is O=C(CNCc1ncon1)NCC(F)(F)F. The van der Waals surface area contributed by atoms with Crippen LogP contribution in [-0.2, 0) is 11.3 Å². The summed E-state index contributed by atoms with van der Waals surface area (Å²) < 4.78 is 39.5. The second-order valence-electron chi connectivity index (χ2n) is 2.84. The Morgan fingerprint density at radius 3 is 2.81 bits per heavy atom. The molecule has 0 atom stereocenters. The number of hydrogen-bond acceptors (Lipinski definition) is 5. The van der Waals surface area contributed by atoms with Gasteiger partial charge in [-0.25, -0.2) is 0 Å². The van der Waals surface area contributed by atoms with E-state index < -0.39 is 18.6 Å². The summed E-state index contributed by atoms with van der Waals surface area (Å²) >= 11 is 0. The van der Waals surface area contributed by atoms with Crippen LogP contribution in [0.1, 0.15) is 5.82 Å². The molecule has 1 rings (SSSR count). The molecule has 1 aromatic rings. The van der Waals surface area contributed by atoms with Gasteiger partial charge in [0.15, 0.2) is 5.82 Å². The van der Waals surface area contributed by atoms with Crippen molar-refractivity contribution in [3.8, 4) is 0 Å². The van der Waals surface area contributed by atoms with Crippen LogP contribution in [0.15, 0.2) is 10.9 Å². The summed E-state index contributed by atoms with van der Waals surface area (Å²) in [5.41, 5.74) is 0. The second kappa shape index (κ2) is 5.45. The molecular formula is C7H9F3N4O2. The van der Waals surface area contributed by atoms with Crippen LogP contribution in [0.3, 0.4) is 0 Å². The summed E-state index contributed by atoms with van der Waals surface area (Å²) in [7, 11) is 0. The third kappa shape index (κ3) is 5.29. The lowest BCUT2D eigenvalue weighted by molar-refractivity contribution is -0.137. The molecule has 1 heterocycles. The van der Waals surface area contributed by atoms with Crippen molar-refractivity contribution in [3.05, 3.63) is 12.2 Å². The van der Waals surface area contributed by atoms with Crippen LogP contribution in [-0.4, -0.2) is 35.3 Å². The van der Waals surface area contributed by atoms with Gasteiger partial charge < -0.3 is 15.2 Å². The molecule has 0 saturated heterocycles. The third-order valence-electron chi connectivity index (χ3n) is 1.46. The lowest BCUT2D eigenvalue weighted by Crippen LogP contribution is -2.39. The van der Waals surface area contributed by atoms with Gasteiger partial charge in [-0.05, 0) is 0 Å². The number of hydrogen-bond donors (Lipinski definition) is 2. The molecule has 90 valence electrons. The van der Waals surface area contributed by atoms with Gasteiger partial charge in [0.25, 0.3) is 0 Å². The summed E-state index contributed by atoms with van der Waals surface area (Å²) in [4.78, 5) is 14.5. The number of rotatable bonds is 5. The van der Waals surface area contributed by atoms with Crippen molar-refractivity contribution < 1.29 is 22.5 Å². The third-order valence-corrected chi connectivity index (χ3v) is 1.46. The van der Waals surface area contributed by atoms with E-state index in [1.54, 1.807) is 5.32 Å². The van der Waals surface area contributed by atoms with Gasteiger partial charge in [-0.1, -0.05) is 5.16 Å². The molecule has 0 aliphatic carbocycles. The quantitative estimate of drug-likeness (QED) is 0.745. The predicted octanol–water partition coefficient (Wildman–Crippen LogP) is -0.162. The van der Waals surface area contributed by atoms with Crippen LogP contribution >= 0.6 is 0 Å². The van der Waals surface area contributed by atoms with E-state index in [4.69, 9.17) is 0 Å². The van der Waals surface area contributed by atoms with Gasteiger partial charge in [0, 0.05) is 0 Å². The van der Waals surface area contributed by atoms with Crippen LogP contribution < -0.4 is 10.6 Å². The maximum absolute atomic E-state index is 11.7. The number of amides is 1. The molecule has 6 nitrogen and oxygen atoms in total. The fourth-order valence-electron chi connectivity index (χ4n) is 0.819. The first-order valence-electron chi connectivity index (χ1n) is 4.27. The topological polar surface area (TPSA) is 80.1 Å². The summed E-state index contributed by atoms with van der Waals surface area (Å²) in [6.07, 6.45) is -3.29. The molecule has 1 amide bonds. The van der Waals surface area contributed by atoms with Crippen LogP contribution in [0.5, 0.6) is 0 Å². The molecular weight excluding hydrogens is 229 g/mol. The van der Waals surface area contributed by atoms with Crippen LogP contribution in [0, 0.1) is 0 Å². The van der Waals surface area contributed by atoms with Crippen LogP contribution in [0.2, 0.25) is 0 Å². The van der Waals surface area contributed by atoms with E-state index in [1.165, 1.54) is 0 Å². The molecule has 9 heteroatoms. The predicted molar refractivity (Wildman–Crippen MR) is 45.1 cm³/mol. The van der Waals surface area contributed by atoms with Gasteiger partial charge >= 0.3 is 6.18 Å². The van der Waals surface area contributed by atoms with E-state index in [0.717, 1.165) is 6.39 Å². The van der Waals surface area contributed by atoms with Gasteiger partial charge in [-0.3, -0.25) is 4.79 Å². The van der Waals surface area contributed by atoms with Gasteiger partial charge in [0.1, 0.15) is 6.54 Å². The molecule has 0 aliphatic heterocycles. The van der Waals surface area contributed by atoms with Crippen LogP contribution in [0.4, 0.5) is 13.2 Å². The van der Waals surface area contributed by atoms with Crippen molar-refractivity contribution >= 4 is 5.91 Å². The molecule has 0 saturated carbocycles. The zero-order chi connectivity index (χ0) is 12.0. The number of carbonyl (C=O) groups excluding carboxylic acids is 1. The maximum Gasteiger partial charge on any atom is 0.405 e. The van der Waals surface area contributed by atoms with E-state index in [1.807, 2.05) is 0 Å². The van der Waals surface area contributed by atoms with Gasteiger partial charge in [0.2, 0.25) is 12.3 Å². The Labute approximate surface area is 88.2 Å². The molecule has 0 aliphatic rings. The minimum Gasteiger partial charge on any atom is -0.346 e. The van der Waals surface area contributed by atoms with Gasteiger partial charge in [-0.15, -0.1) is 0 Å². The van der Waals surface area contributed by atoms with Crippen molar-refractivity contribution in [3.63, 3.8) is 0 Å². The van der Waals surface area contributed by atoms with Crippen molar-refractivity contribution in [1.29, 1.82) is 0 Å². The van der Waals surface area contributed by atoms with Gasteiger partial charge in [-0.2, -0.15) is 18.2 Å². The van der Waals surface area contributed by atoms with Crippen molar-refractivity contribution in [2.75, 3.05) is 13.1 Å². The Morgan fingerprint density at radius 1 is 1.50 bits per heavy atom. The average molecular weight is 238 g/mol. The minimum atomic E-state index is -4.40. The Morgan fingerprint density at radius 2 is 2.25 bits per heavy atom. The number of nitrogens with one attached hydrogen (secondary N) is 2. The Hall–Kier alpha value is -1.64. The zero-order valence-electron chi connectivity index (χ0n) is 8.04. The molecule has 0 spiro atoms. The maximum atomic E-state index is 11.7. The molecule has 0 radical (unpaired) electrons. The lowest BCUT2D eigenvalue weighted by atomic mass is 10.5. The highest BCUT2D eigenvalue weighted by Gasteiger charge is 2.27. The first kappa shape index (κ1) is 12.4. The molecule has 0 bridgehead atoms. The molecule has 0 fully saturated rings. The van der Waals surface area contributed by atoms with Crippen molar-refractivity contribution in [2.45, 2.75) is 12.7 Å². The number of carbonyl (C=O) groups is 1. The van der Waals surface area contributed by atoms with E-state index in [-0.39, 0.29) is 13.1 Å². The highest BCUT2D eigenvalue weighted by Crippen LogP contribution is 2.11. The average Bonchev–Trinajstić information content (AvgIpc) is 2.66. The first-order valence-corrected chi connectivity index (χ1v) is 4.27.